The average molecular weight is 447 g/mol. The van der Waals surface area contributed by atoms with E-state index in [2.05, 4.69) is 21.2 Å². The molecule has 2 heterocycles. The van der Waals surface area contributed by atoms with Crippen molar-refractivity contribution in [3.63, 3.8) is 0 Å². The zero-order valence-electron chi connectivity index (χ0n) is 14.6. The van der Waals surface area contributed by atoms with E-state index in [4.69, 9.17) is 4.74 Å². The average Bonchev–Trinajstić information content (AvgIpc) is 2.88. The molecule has 1 N–H and O–H groups in total. The van der Waals surface area contributed by atoms with Gasteiger partial charge in [0.25, 0.3) is 5.91 Å². The Morgan fingerprint density at radius 1 is 1.22 bits per heavy atom. The van der Waals surface area contributed by atoms with Crippen molar-refractivity contribution >= 4 is 45.2 Å². The summed E-state index contributed by atoms with van der Waals surface area (Å²) in [6.45, 7) is 1.58. The van der Waals surface area contributed by atoms with E-state index >= 15 is 0 Å². The number of carbonyl (C=O) groups is 2. The summed E-state index contributed by atoms with van der Waals surface area (Å²) in [6.07, 6.45) is 0.355. The Labute approximate surface area is 170 Å². The van der Waals surface area contributed by atoms with Crippen LogP contribution in [0.15, 0.2) is 51.8 Å². The van der Waals surface area contributed by atoms with Gasteiger partial charge in [-0.15, -0.1) is 11.8 Å². The summed E-state index contributed by atoms with van der Waals surface area (Å²) in [5.41, 5.74) is 2.38. The zero-order chi connectivity index (χ0) is 18.8. The molecule has 140 valence electrons. The number of halogens is 1. The molecule has 1 unspecified atom stereocenters. The molecule has 2 aliphatic heterocycles. The predicted molar refractivity (Wildman–Crippen MR) is 109 cm³/mol. The van der Waals surface area contributed by atoms with E-state index in [9.17, 15) is 9.59 Å². The van der Waals surface area contributed by atoms with E-state index in [-0.39, 0.29) is 17.9 Å². The Kier molecular flexibility index (Phi) is 5.52. The number of anilines is 1. The third-order valence-corrected chi connectivity index (χ3v) is 6.29. The summed E-state index contributed by atoms with van der Waals surface area (Å²) in [5, 5.41) is 2.90. The van der Waals surface area contributed by atoms with Crippen molar-refractivity contribution in [3.8, 4) is 0 Å². The molecule has 27 heavy (non-hydrogen) atoms. The van der Waals surface area contributed by atoms with Gasteiger partial charge in [0, 0.05) is 33.7 Å². The summed E-state index contributed by atoms with van der Waals surface area (Å²) in [6, 6.07) is 13.5. The Balaban J connectivity index is 1.52. The van der Waals surface area contributed by atoms with Crippen LogP contribution < -0.4 is 5.32 Å². The fourth-order valence-corrected chi connectivity index (χ4v) is 4.45. The van der Waals surface area contributed by atoms with Gasteiger partial charge in [-0.05, 0) is 35.9 Å². The first-order valence-corrected chi connectivity index (χ1v) is 10.6. The summed E-state index contributed by atoms with van der Waals surface area (Å²) in [7, 11) is 0. The van der Waals surface area contributed by atoms with Crippen molar-refractivity contribution in [3.05, 3.63) is 58.1 Å². The van der Waals surface area contributed by atoms with E-state index in [1.165, 1.54) is 0 Å². The number of thioether (sulfide) groups is 1. The quantitative estimate of drug-likeness (QED) is 0.754. The molecule has 1 atom stereocenters. The topological polar surface area (TPSA) is 58.6 Å². The van der Waals surface area contributed by atoms with Crippen LogP contribution >= 0.6 is 27.7 Å². The maximum atomic E-state index is 13.0. The van der Waals surface area contributed by atoms with Crippen molar-refractivity contribution in [2.75, 3.05) is 30.8 Å². The Morgan fingerprint density at radius 3 is 2.85 bits per heavy atom. The maximum Gasteiger partial charge on any atom is 0.254 e. The smallest absolute Gasteiger partial charge is 0.254 e. The fraction of sp³-hybridized carbons (Fsp3) is 0.300. The third kappa shape index (κ3) is 4.20. The number of morpholine rings is 1. The molecular formula is C20H19BrN2O3S. The molecule has 4 rings (SSSR count). The highest BCUT2D eigenvalue weighted by Crippen LogP contribution is 2.32. The van der Waals surface area contributed by atoms with E-state index in [0.29, 0.717) is 31.7 Å². The van der Waals surface area contributed by atoms with Gasteiger partial charge in [0.2, 0.25) is 5.91 Å². The number of rotatable bonds is 2. The van der Waals surface area contributed by atoms with E-state index in [0.717, 1.165) is 26.4 Å². The lowest BCUT2D eigenvalue weighted by atomic mass is 10.1. The maximum absolute atomic E-state index is 13.0. The molecule has 1 saturated heterocycles. The number of hydrogen-bond donors (Lipinski definition) is 1. The van der Waals surface area contributed by atoms with Crippen molar-refractivity contribution < 1.29 is 14.3 Å². The molecular weight excluding hydrogens is 428 g/mol. The summed E-state index contributed by atoms with van der Waals surface area (Å²) < 4.78 is 6.89. The van der Waals surface area contributed by atoms with Gasteiger partial charge < -0.3 is 15.0 Å². The minimum Gasteiger partial charge on any atom is -0.370 e. The van der Waals surface area contributed by atoms with Crippen LogP contribution in [0, 0.1) is 0 Å². The van der Waals surface area contributed by atoms with Crippen molar-refractivity contribution in [2.45, 2.75) is 17.4 Å². The highest BCUT2D eigenvalue weighted by molar-refractivity contribution is 9.10. The lowest BCUT2D eigenvalue weighted by Gasteiger charge is -2.33. The number of benzene rings is 2. The standard InChI is InChI=1S/C20H19BrN2O3S/c21-15-4-1-13(2-5-15)17-12-23(8-9-26-17)20(25)14-3-6-18-16(11-14)22-19(24)7-10-27-18/h1-6,11,17H,7-10,12H2,(H,22,24). The molecule has 2 aromatic carbocycles. The number of amides is 2. The minimum absolute atomic E-state index is 0.00692. The number of nitrogens with zero attached hydrogens (tertiary/aromatic N) is 1. The highest BCUT2D eigenvalue weighted by Gasteiger charge is 2.27. The van der Waals surface area contributed by atoms with Crippen LogP contribution in [0.25, 0.3) is 0 Å². The van der Waals surface area contributed by atoms with E-state index < -0.39 is 0 Å². The molecule has 1 fully saturated rings. The SMILES string of the molecule is O=C1CCSc2ccc(C(=O)N3CCOC(c4ccc(Br)cc4)C3)cc2N1. The van der Waals surface area contributed by atoms with E-state index in [1.54, 1.807) is 17.8 Å². The van der Waals surface area contributed by atoms with Gasteiger partial charge in [0.05, 0.1) is 18.8 Å². The van der Waals surface area contributed by atoms with Gasteiger partial charge in [0.15, 0.2) is 0 Å². The molecule has 2 aromatic rings. The van der Waals surface area contributed by atoms with Gasteiger partial charge >= 0.3 is 0 Å². The Hall–Kier alpha value is -1.83. The number of ether oxygens (including phenoxy) is 1. The zero-order valence-corrected chi connectivity index (χ0v) is 17.0. The van der Waals surface area contributed by atoms with Crippen LogP contribution in [0.3, 0.4) is 0 Å². The molecule has 0 aromatic heterocycles. The Bertz CT molecular complexity index is 872. The lowest BCUT2D eigenvalue weighted by molar-refractivity contribution is -0.115. The molecule has 0 bridgehead atoms. The van der Waals surface area contributed by atoms with Gasteiger partial charge in [-0.1, -0.05) is 28.1 Å². The second-order valence-electron chi connectivity index (χ2n) is 6.52. The second kappa shape index (κ2) is 8.04. The van der Waals surface area contributed by atoms with Crippen LogP contribution in [0.4, 0.5) is 5.69 Å². The van der Waals surface area contributed by atoms with Crippen LogP contribution in [0.5, 0.6) is 0 Å². The van der Waals surface area contributed by atoms with Crippen molar-refractivity contribution in [2.24, 2.45) is 0 Å². The number of carbonyl (C=O) groups excluding carboxylic acids is 2. The lowest BCUT2D eigenvalue weighted by Crippen LogP contribution is -2.42. The van der Waals surface area contributed by atoms with Crippen LogP contribution in [-0.2, 0) is 9.53 Å². The molecule has 5 nitrogen and oxygen atoms in total. The number of hydrogen-bond acceptors (Lipinski definition) is 4. The second-order valence-corrected chi connectivity index (χ2v) is 8.57. The van der Waals surface area contributed by atoms with Gasteiger partial charge in [-0.25, -0.2) is 0 Å². The van der Waals surface area contributed by atoms with Crippen LogP contribution in [0.2, 0.25) is 0 Å². The highest BCUT2D eigenvalue weighted by atomic mass is 79.9. The van der Waals surface area contributed by atoms with Crippen LogP contribution in [-0.4, -0.2) is 42.2 Å². The first kappa shape index (κ1) is 18.5. The van der Waals surface area contributed by atoms with Crippen molar-refractivity contribution in [1.82, 2.24) is 4.90 Å². The molecule has 0 spiro atoms. The molecule has 2 aliphatic rings. The molecule has 2 amide bonds. The van der Waals surface area contributed by atoms with Gasteiger partial charge in [0.1, 0.15) is 6.10 Å². The minimum atomic E-state index is -0.133. The fourth-order valence-electron chi connectivity index (χ4n) is 3.25. The summed E-state index contributed by atoms with van der Waals surface area (Å²) in [4.78, 5) is 27.7. The molecule has 0 aliphatic carbocycles. The normalized spacial score (nSPS) is 19.8. The first-order valence-electron chi connectivity index (χ1n) is 8.83. The number of nitrogens with one attached hydrogen (secondary N) is 1. The van der Waals surface area contributed by atoms with Gasteiger partial charge in [-0.3, -0.25) is 9.59 Å². The number of fused-ring (bicyclic) bond motifs is 1. The molecule has 0 saturated carbocycles. The van der Waals surface area contributed by atoms with E-state index in [1.807, 2.05) is 41.3 Å². The molecule has 7 heteroatoms. The van der Waals surface area contributed by atoms with Crippen molar-refractivity contribution in [1.29, 1.82) is 0 Å². The molecule has 0 radical (unpaired) electrons. The first-order chi connectivity index (χ1) is 13.1. The monoisotopic (exact) mass is 446 g/mol. The van der Waals surface area contributed by atoms with Crippen LogP contribution in [0.1, 0.15) is 28.4 Å². The van der Waals surface area contributed by atoms with Gasteiger partial charge in [-0.2, -0.15) is 0 Å². The third-order valence-electron chi connectivity index (χ3n) is 4.68. The predicted octanol–water partition coefficient (Wildman–Crippen LogP) is 4.10. The summed E-state index contributed by atoms with van der Waals surface area (Å²) >= 11 is 5.07. The largest absolute Gasteiger partial charge is 0.370 e. The summed E-state index contributed by atoms with van der Waals surface area (Å²) in [5.74, 6) is 0.712. The Morgan fingerprint density at radius 2 is 2.04 bits per heavy atom.